The van der Waals surface area contributed by atoms with E-state index in [1.807, 2.05) is 35.0 Å². The van der Waals surface area contributed by atoms with Crippen molar-refractivity contribution in [3.8, 4) is 23.6 Å². The molecule has 1 atom stereocenters. The van der Waals surface area contributed by atoms with Gasteiger partial charge in [-0.05, 0) is 18.8 Å². The second kappa shape index (κ2) is 6.48. The van der Waals surface area contributed by atoms with Gasteiger partial charge in [0, 0.05) is 18.7 Å². The molecular weight excluding hydrogens is 328 g/mol. The summed E-state index contributed by atoms with van der Waals surface area (Å²) < 4.78 is 1.87. The third-order valence-corrected chi connectivity index (χ3v) is 4.72. The molecule has 1 aliphatic heterocycles. The van der Waals surface area contributed by atoms with Crippen molar-refractivity contribution in [2.75, 3.05) is 18.8 Å². The summed E-state index contributed by atoms with van der Waals surface area (Å²) in [6, 6.07) is 9.81. The molecule has 26 heavy (non-hydrogen) atoms. The average molecular weight is 346 g/mol. The number of nitrogens with zero attached hydrogens (tertiary/aromatic N) is 5. The van der Waals surface area contributed by atoms with E-state index in [4.69, 9.17) is 17.3 Å². The van der Waals surface area contributed by atoms with Crippen molar-refractivity contribution in [1.82, 2.24) is 24.6 Å². The minimum absolute atomic E-state index is 0.00434. The Labute approximate surface area is 150 Å². The van der Waals surface area contributed by atoms with Crippen LogP contribution in [-0.4, -0.2) is 43.6 Å². The number of rotatable bonds is 2. The Balaban J connectivity index is 1.83. The van der Waals surface area contributed by atoms with Gasteiger partial charge < -0.3 is 10.6 Å². The number of benzene rings is 1. The number of terminal acetylenes is 1. The predicted octanol–water partition coefficient (Wildman–Crippen LogP) is 1.87. The molecule has 1 unspecified atom stereocenters. The molecule has 1 aliphatic rings. The molecule has 1 amide bonds. The van der Waals surface area contributed by atoms with Crippen LogP contribution >= 0.6 is 0 Å². The van der Waals surface area contributed by atoms with Gasteiger partial charge in [0.2, 0.25) is 0 Å². The molecule has 3 heterocycles. The smallest absolute Gasteiger partial charge is 0.298 e. The lowest BCUT2D eigenvalue weighted by Crippen LogP contribution is -2.40. The number of piperidine rings is 1. The summed E-state index contributed by atoms with van der Waals surface area (Å²) in [7, 11) is 0. The summed E-state index contributed by atoms with van der Waals surface area (Å²) in [4.78, 5) is 22.1. The zero-order valence-corrected chi connectivity index (χ0v) is 14.2. The molecular formula is C19H18N6O. The Bertz CT molecular complexity index is 1000. The van der Waals surface area contributed by atoms with Gasteiger partial charge in [-0.1, -0.05) is 30.3 Å². The van der Waals surface area contributed by atoms with Gasteiger partial charge in [0.25, 0.3) is 5.91 Å². The molecule has 0 aliphatic carbocycles. The highest BCUT2D eigenvalue weighted by molar-refractivity contribution is 5.98. The number of carbonyl (C=O) groups excluding carboxylic acids is 1. The van der Waals surface area contributed by atoms with E-state index in [2.05, 4.69) is 15.9 Å². The van der Waals surface area contributed by atoms with Gasteiger partial charge in [0.1, 0.15) is 17.8 Å². The maximum Gasteiger partial charge on any atom is 0.298 e. The number of nitrogens with two attached hydrogens (primary N) is 1. The third kappa shape index (κ3) is 2.65. The first-order chi connectivity index (χ1) is 12.7. The van der Waals surface area contributed by atoms with Crippen LogP contribution in [0.1, 0.15) is 18.9 Å². The molecule has 130 valence electrons. The number of likely N-dealkylation sites (tertiary alicyclic amines) is 1. The number of anilines is 1. The molecule has 7 heteroatoms. The fourth-order valence-electron chi connectivity index (χ4n) is 3.48. The van der Waals surface area contributed by atoms with Crippen molar-refractivity contribution in [3.05, 3.63) is 36.7 Å². The number of hydrogen-bond acceptors (Lipinski definition) is 5. The van der Waals surface area contributed by atoms with Crippen LogP contribution < -0.4 is 5.73 Å². The number of nitrogen functional groups attached to an aromatic ring is 1. The van der Waals surface area contributed by atoms with Crippen LogP contribution in [0.25, 0.3) is 22.3 Å². The molecule has 0 spiro atoms. The topological polar surface area (TPSA) is 89.9 Å². The molecule has 3 aromatic rings. The Morgan fingerprint density at radius 2 is 2.08 bits per heavy atom. The SMILES string of the molecule is C#CC(=O)N1CCCC(n2nc(-c3ccccc3)c3c(N)ncnc32)C1. The summed E-state index contributed by atoms with van der Waals surface area (Å²) in [6.07, 6.45) is 8.47. The average Bonchev–Trinajstić information content (AvgIpc) is 3.09. The lowest BCUT2D eigenvalue weighted by molar-refractivity contribution is -0.126. The summed E-state index contributed by atoms with van der Waals surface area (Å²) in [5.74, 6) is 2.30. The Morgan fingerprint density at radius 1 is 1.27 bits per heavy atom. The van der Waals surface area contributed by atoms with Crippen LogP contribution in [0, 0.1) is 12.3 Å². The van der Waals surface area contributed by atoms with Gasteiger partial charge >= 0.3 is 0 Å². The van der Waals surface area contributed by atoms with E-state index in [1.54, 1.807) is 4.90 Å². The van der Waals surface area contributed by atoms with E-state index in [0.29, 0.717) is 24.6 Å². The van der Waals surface area contributed by atoms with Crippen LogP contribution in [0.15, 0.2) is 36.7 Å². The summed E-state index contributed by atoms with van der Waals surface area (Å²) >= 11 is 0. The van der Waals surface area contributed by atoms with E-state index in [0.717, 1.165) is 29.5 Å². The first-order valence-electron chi connectivity index (χ1n) is 8.48. The monoisotopic (exact) mass is 346 g/mol. The van der Waals surface area contributed by atoms with Gasteiger partial charge in [0.05, 0.1) is 11.4 Å². The second-order valence-electron chi connectivity index (χ2n) is 6.31. The highest BCUT2D eigenvalue weighted by Gasteiger charge is 2.28. The number of carbonyl (C=O) groups is 1. The quantitative estimate of drug-likeness (QED) is 0.716. The number of hydrogen-bond donors (Lipinski definition) is 1. The second-order valence-corrected chi connectivity index (χ2v) is 6.31. The van der Waals surface area contributed by atoms with Crippen LogP contribution in [0.3, 0.4) is 0 Å². The summed E-state index contributed by atoms with van der Waals surface area (Å²) in [6.45, 7) is 1.18. The van der Waals surface area contributed by atoms with Crippen molar-refractivity contribution < 1.29 is 4.79 Å². The zero-order chi connectivity index (χ0) is 18.1. The zero-order valence-electron chi connectivity index (χ0n) is 14.2. The highest BCUT2D eigenvalue weighted by Crippen LogP contribution is 2.33. The van der Waals surface area contributed by atoms with Crippen LogP contribution in [0.4, 0.5) is 5.82 Å². The fraction of sp³-hybridized carbons (Fsp3) is 0.263. The molecule has 7 nitrogen and oxygen atoms in total. The molecule has 1 aromatic carbocycles. The molecule has 0 radical (unpaired) electrons. The number of amides is 1. The first kappa shape index (κ1) is 16.1. The van der Waals surface area contributed by atoms with Crippen LogP contribution in [-0.2, 0) is 4.79 Å². The molecule has 0 bridgehead atoms. The van der Waals surface area contributed by atoms with E-state index in [-0.39, 0.29) is 11.9 Å². The largest absolute Gasteiger partial charge is 0.383 e. The van der Waals surface area contributed by atoms with Gasteiger partial charge in [0.15, 0.2) is 5.65 Å². The van der Waals surface area contributed by atoms with E-state index in [9.17, 15) is 4.79 Å². The van der Waals surface area contributed by atoms with Crippen LogP contribution in [0.5, 0.6) is 0 Å². The lowest BCUT2D eigenvalue weighted by Gasteiger charge is -2.31. The maximum absolute atomic E-state index is 11.9. The standard InChI is InChI=1S/C19H18N6O/c1-2-15(26)24-10-6-9-14(11-24)25-19-16(18(20)21-12-22-19)17(23-25)13-7-4-3-5-8-13/h1,3-5,7-8,12,14H,6,9-11H2,(H2,20,21,22). The molecule has 2 aromatic heterocycles. The Hall–Kier alpha value is -3.40. The first-order valence-corrected chi connectivity index (χ1v) is 8.48. The highest BCUT2D eigenvalue weighted by atomic mass is 16.2. The minimum atomic E-state index is -0.288. The number of fused-ring (bicyclic) bond motifs is 1. The molecule has 2 N–H and O–H groups in total. The summed E-state index contributed by atoms with van der Waals surface area (Å²) in [5, 5.41) is 5.54. The molecule has 1 fully saturated rings. The normalized spacial score (nSPS) is 17.2. The van der Waals surface area contributed by atoms with Crippen molar-refractivity contribution >= 4 is 22.8 Å². The van der Waals surface area contributed by atoms with Gasteiger partial charge in [-0.15, -0.1) is 6.42 Å². The van der Waals surface area contributed by atoms with Crippen molar-refractivity contribution in [1.29, 1.82) is 0 Å². The van der Waals surface area contributed by atoms with Gasteiger partial charge in [-0.3, -0.25) is 4.79 Å². The molecule has 4 rings (SSSR count). The summed E-state index contributed by atoms with van der Waals surface area (Å²) in [5.41, 5.74) is 8.51. The van der Waals surface area contributed by atoms with Gasteiger partial charge in [-0.25, -0.2) is 14.6 Å². The van der Waals surface area contributed by atoms with Crippen molar-refractivity contribution in [2.45, 2.75) is 18.9 Å². The third-order valence-electron chi connectivity index (χ3n) is 4.72. The van der Waals surface area contributed by atoms with Gasteiger partial charge in [-0.2, -0.15) is 5.10 Å². The molecule has 1 saturated heterocycles. The minimum Gasteiger partial charge on any atom is -0.383 e. The lowest BCUT2D eigenvalue weighted by atomic mass is 10.1. The van der Waals surface area contributed by atoms with E-state index < -0.39 is 0 Å². The fourth-order valence-corrected chi connectivity index (χ4v) is 3.48. The predicted molar refractivity (Wildman–Crippen MR) is 98.9 cm³/mol. The number of aromatic nitrogens is 4. The maximum atomic E-state index is 11.9. The molecule has 0 saturated carbocycles. The van der Waals surface area contributed by atoms with E-state index >= 15 is 0 Å². The van der Waals surface area contributed by atoms with Crippen molar-refractivity contribution in [3.63, 3.8) is 0 Å². The van der Waals surface area contributed by atoms with Crippen LogP contribution in [0.2, 0.25) is 0 Å². The van der Waals surface area contributed by atoms with E-state index in [1.165, 1.54) is 6.33 Å². The Kier molecular flexibility index (Phi) is 4.01. The van der Waals surface area contributed by atoms with Crippen molar-refractivity contribution in [2.24, 2.45) is 0 Å². The Morgan fingerprint density at radius 3 is 2.85 bits per heavy atom.